The molecule has 0 saturated heterocycles. The SMILES string of the molecule is O=C(Nc1cc(Cl)c(Cl)cc1Cl)c1ccc(Br)cc1O. The molecule has 0 unspecified atom stereocenters. The highest BCUT2D eigenvalue weighted by atomic mass is 79.9. The van der Waals surface area contributed by atoms with E-state index in [1.165, 1.54) is 24.3 Å². The third-order valence-corrected chi connectivity index (χ3v) is 3.99. The second kappa shape index (κ2) is 6.22. The molecular weight excluding hydrogens is 388 g/mol. The molecule has 7 heteroatoms. The third kappa shape index (κ3) is 3.38. The van der Waals surface area contributed by atoms with Crippen molar-refractivity contribution in [3.63, 3.8) is 0 Å². The van der Waals surface area contributed by atoms with E-state index in [2.05, 4.69) is 21.2 Å². The number of benzene rings is 2. The number of nitrogens with one attached hydrogen (secondary N) is 1. The molecule has 0 aliphatic carbocycles. The minimum absolute atomic E-state index is 0.121. The minimum Gasteiger partial charge on any atom is -0.507 e. The molecular formula is C13H7BrCl3NO2. The Bertz CT molecular complexity index is 692. The molecule has 0 atom stereocenters. The second-order valence-electron chi connectivity index (χ2n) is 3.86. The normalized spacial score (nSPS) is 10.4. The maximum absolute atomic E-state index is 12.1. The van der Waals surface area contributed by atoms with Gasteiger partial charge < -0.3 is 10.4 Å². The molecule has 0 heterocycles. The zero-order chi connectivity index (χ0) is 14.9. The molecule has 0 aliphatic rings. The lowest BCUT2D eigenvalue weighted by Gasteiger charge is -2.10. The summed E-state index contributed by atoms with van der Waals surface area (Å²) in [6.07, 6.45) is 0. The number of halogens is 4. The average Bonchev–Trinajstić information content (AvgIpc) is 2.35. The summed E-state index contributed by atoms with van der Waals surface area (Å²) in [7, 11) is 0. The summed E-state index contributed by atoms with van der Waals surface area (Å²) in [5, 5.41) is 13.1. The lowest BCUT2D eigenvalue weighted by atomic mass is 10.2. The van der Waals surface area contributed by atoms with Gasteiger partial charge in [0, 0.05) is 4.47 Å². The molecule has 0 aliphatic heterocycles. The van der Waals surface area contributed by atoms with Gasteiger partial charge in [-0.3, -0.25) is 4.79 Å². The Hall–Kier alpha value is -0.940. The molecule has 0 spiro atoms. The fourth-order valence-corrected chi connectivity index (χ4v) is 2.45. The van der Waals surface area contributed by atoms with Crippen molar-refractivity contribution >= 4 is 62.3 Å². The van der Waals surface area contributed by atoms with E-state index in [1.54, 1.807) is 6.07 Å². The van der Waals surface area contributed by atoms with Gasteiger partial charge in [0.05, 0.1) is 26.3 Å². The number of anilines is 1. The molecule has 2 N–H and O–H groups in total. The van der Waals surface area contributed by atoms with Gasteiger partial charge in [0.2, 0.25) is 0 Å². The Morgan fingerprint density at radius 3 is 2.35 bits per heavy atom. The number of amides is 1. The molecule has 104 valence electrons. The highest BCUT2D eigenvalue weighted by molar-refractivity contribution is 9.10. The number of phenols is 1. The molecule has 0 saturated carbocycles. The molecule has 0 fully saturated rings. The van der Waals surface area contributed by atoms with Crippen LogP contribution in [0.3, 0.4) is 0 Å². The fraction of sp³-hybridized carbons (Fsp3) is 0. The predicted octanol–water partition coefficient (Wildman–Crippen LogP) is 5.37. The van der Waals surface area contributed by atoms with Crippen LogP contribution in [0.4, 0.5) is 5.69 Å². The van der Waals surface area contributed by atoms with Crippen molar-refractivity contribution in [2.75, 3.05) is 5.32 Å². The van der Waals surface area contributed by atoms with Crippen LogP contribution < -0.4 is 5.32 Å². The van der Waals surface area contributed by atoms with Crippen molar-refractivity contribution in [2.24, 2.45) is 0 Å². The standard InChI is InChI=1S/C13H7BrCl3NO2/c14-6-1-2-7(12(19)3-6)13(20)18-11-5-9(16)8(15)4-10(11)17/h1-5,19H,(H,18,20). The van der Waals surface area contributed by atoms with Crippen LogP contribution >= 0.6 is 50.7 Å². The number of carbonyl (C=O) groups excluding carboxylic acids is 1. The number of phenolic OH excluding ortho intramolecular Hbond substituents is 1. The van der Waals surface area contributed by atoms with Crippen LogP contribution in [-0.2, 0) is 0 Å². The Kier molecular flexibility index (Phi) is 4.81. The first-order valence-corrected chi connectivity index (χ1v) is 7.25. The number of rotatable bonds is 2. The third-order valence-electron chi connectivity index (χ3n) is 2.46. The van der Waals surface area contributed by atoms with Crippen molar-refractivity contribution in [3.8, 4) is 5.75 Å². The fourth-order valence-electron chi connectivity index (χ4n) is 1.50. The molecule has 2 aromatic rings. The van der Waals surface area contributed by atoms with Crippen LogP contribution in [0.15, 0.2) is 34.8 Å². The molecule has 0 aromatic heterocycles. The Morgan fingerprint density at radius 1 is 1.05 bits per heavy atom. The summed E-state index contributed by atoms with van der Waals surface area (Å²) in [6, 6.07) is 7.43. The molecule has 2 aromatic carbocycles. The van der Waals surface area contributed by atoms with Gasteiger partial charge >= 0.3 is 0 Å². The zero-order valence-electron chi connectivity index (χ0n) is 9.75. The smallest absolute Gasteiger partial charge is 0.259 e. The molecule has 20 heavy (non-hydrogen) atoms. The van der Waals surface area contributed by atoms with E-state index in [9.17, 15) is 9.90 Å². The summed E-state index contributed by atoms with van der Waals surface area (Å²) in [5.74, 6) is -0.650. The first-order chi connectivity index (χ1) is 9.38. The molecule has 3 nitrogen and oxygen atoms in total. The van der Waals surface area contributed by atoms with Gasteiger partial charge in [0.25, 0.3) is 5.91 Å². The van der Waals surface area contributed by atoms with Gasteiger partial charge in [-0.1, -0.05) is 50.7 Å². The van der Waals surface area contributed by atoms with Gasteiger partial charge in [0.1, 0.15) is 5.75 Å². The van der Waals surface area contributed by atoms with Gasteiger partial charge in [-0.2, -0.15) is 0 Å². The lowest BCUT2D eigenvalue weighted by Crippen LogP contribution is -2.12. The van der Waals surface area contributed by atoms with Crippen molar-refractivity contribution in [1.29, 1.82) is 0 Å². The van der Waals surface area contributed by atoms with Crippen molar-refractivity contribution in [2.45, 2.75) is 0 Å². The Morgan fingerprint density at radius 2 is 1.70 bits per heavy atom. The summed E-state index contributed by atoms with van der Waals surface area (Å²) in [6.45, 7) is 0. The van der Waals surface area contributed by atoms with Crippen LogP contribution in [0.1, 0.15) is 10.4 Å². The van der Waals surface area contributed by atoms with Gasteiger partial charge in [-0.25, -0.2) is 0 Å². The zero-order valence-corrected chi connectivity index (χ0v) is 13.6. The van der Waals surface area contributed by atoms with Gasteiger partial charge in [0.15, 0.2) is 0 Å². The average molecular weight is 395 g/mol. The summed E-state index contributed by atoms with van der Waals surface area (Å²) in [5.41, 5.74) is 0.434. The van der Waals surface area contributed by atoms with Crippen LogP contribution in [0.2, 0.25) is 15.1 Å². The number of hydrogen-bond acceptors (Lipinski definition) is 2. The molecule has 1 amide bonds. The minimum atomic E-state index is -0.504. The van der Waals surface area contributed by atoms with E-state index in [1.807, 2.05) is 0 Å². The van der Waals surface area contributed by atoms with E-state index in [-0.39, 0.29) is 21.4 Å². The van der Waals surface area contributed by atoms with Crippen molar-refractivity contribution < 1.29 is 9.90 Å². The highest BCUT2D eigenvalue weighted by Gasteiger charge is 2.14. The van der Waals surface area contributed by atoms with E-state index in [4.69, 9.17) is 34.8 Å². The van der Waals surface area contributed by atoms with E-state index >= 15 is 0 Å². The second-order valence-corrected chi connectivity index (χ2v) is 6.00. The molecule has 0 radical (unpaired) electrons. The monoisotopic (exact) mass is 393 g/mol. The Balaban J connectivity index is 2.30. The van der Waals surface area contributed by atoms with Gasteiger partial charge in [-0.05, 0) is 30.3 Å². The van der Waals surface area contributed by atoms with Crippen molar-refractivity contribution in [1.82, 2.24) is 0 Å². The van der Waals surface area contributed by atoms with Crippen LogP contribution in [0, 0.1) is 0 Å². The van der Waals surface area contributed by atoms with Crippen molar-refractivity contribution in [3.05, 3.63) is 55.4 Å². The van der Waals surface area contributed by atoms with Crippen LogP contribution in [0.5, 0.6) is 5.75 Å². The summed E-state index contributed by atoms with van der Waals surface area (Å²) >= 11 is 20.8. The Labute approximate surface area is 138 Å². The topological polar surface area (TPSA) is 49.3 Å². The van der Waals surface area contributed by atoms with Crippen LogP contribution in [-0.4, -0.2) is 11.0 Å². The quantitative estimate of drug-likeness (QED) is 0.672. The number of aromatic hydroxyl groups is 1. The summed E-state index contributed by atoms with van der Waals surface area (Å²) < 4.78 is 0.666. The van der Waals surface area contributed by atoms with Crippen LogP contribution in [0.25, 0.3) is 0 Å². The number of carbonyl (C=O) groups is 1. The maximum atomic E-state index is 12.1. The van der Waals surface area contributed by atoms with E-state index < -0.39 is 5.91 Å². The first-order valence-electron chi connectivity index (χ1n) is 5.33. The maximum Gasteiger partial charge on any atom is 0.259 e. The predicted molar refractivity (Wildman–Crippen MR) is 85.2 cm³/mol. The lowest BCUT2D eigenvalue weighted by molar-refractivity contribution is 0.102. The molecule has 0 bridgehead atoms. The molecule has 2 rings (SSSR count). The number of hydrogen-bond donors (Lipinski definition) is 2. The first kappa shape index (κ1) is 15.4. The summed E-state index contributed by atoms with van der Waals surface area (Å²) in [4.78, 5) is 12.1. The largest absolute Gasteiger partial charge is 0.507 e. The van der Waals surface area contributed by atoms with E-state index in [0.717, 1.165) is 0 Å². The van der Waals surface area contributed by atoms with Gasteiger partial charge in [-0.15, -0.1) is 0 Å². The van der Waals surface area contributed by atoms with E-state index in [0.29, 0.717) is 15.2 Å². The highest BCUT2D eigenvalue weighted by Crippen LogP contribution is 2.33.